The van der Waals surface area contributed by atoms with E-state index in [1.54, 1.807) is 11.3 Å². The number of carbonyl (C=O) groups excluding carboxylic acids is 1. The molecule has 1 aromatic carbocycles. The van der Waals surface area contributed by atoms with Crippen molar-refractivity contribution in [2.45, 2.75) is 12.8 Å². The lowest BCUT2D eigenvalue weighted by atomic mass is 9.97. The average molecular weight is 338 g/mol. The number of carbonyl (C=O) groups is 1. The third-order valence-electron chi connectivity index (χ3n) is 4.45. The molecular formula is C18H18N4OS. The lowest BCUT2D eigenvalue weighted by Crippen LogP contribution is -2.41. The number of hydrogen-bond acceptors (Lipinski definition) is 5. The molecule has 2 N–H and O–H groups in total. The number of amides is 1. The number of benzene rings is 1. The first-order valence-electron chi connectivity index (χ1n) is 8.07. The second-order valence-corrected chi connectivity index (χ2v) is 7.00. The van der Waals surface area contributed by atoms with Gasteiger partial charge in [-0.15, -0.1) is 11.3 Å². The minimum Gasteiger partial charge on any atom is -0.369 e. The number of fused-ring (bicyclic) bond motifs is 1. The Kier molecular flexibility index (Phi) is 3.90. The maximum Gasteiger partial charge on any atom is 0.222 e. The Morgan fingerprint density at radius 3 is 2.88 bits per heavy atom. The Morgan fingerprint density at radius 1 is 1.21 bits per heavy atom. The lowest BCUT2D eigenvalue weighted by Gasteiger charge is -2.32. The Labute approximate surface area is 144 Å². The number of hydrogen-bond donors (Lipinski definition) is 1. The van der Waals surface area contributed by atoms with E-state index in [0.29, 0.717) is 6.54 Å². The van der Waals surface area contributed by atoms with Crippen LogP contribution in [-0.2, 0) is 4.79 Å². The fraction of sp³-hybridized carbons (Fsp3) is 0.278. The third kappa shape index (κ3) is 2.73. The number of piperidine rings is 1. The summed E-state index contributed by atoms with van der Waals surface area (Å²) in [5.41, 5.74) is 6.45. The SMILES string of the molecule is NC(=O)C1CCCN(c2nc(-c3cccs3)nc3ccccc23)C1. The summed E-state index contributed by atoms with van der Waals surface area (Å²) in [6.07, 6.45) is 1.80. The van der Waals surface area contributed by atoms with Gasteiger partial charge < -0.3 is 10.6 Å². The second kappa shape index (κ2) is 6.20. The molecule has 1 unspecified atom stereocenters. The molecular weight excluding hydrogens is 320 g/mol. The molecule has 1 saturated heterocycles. The van der Waals surface area contributed by atoms with Gasteiger partial charge in [0.2, 0.25) is 5.91 Å². The molecule has 1 amide bonds. The molecule has 24 heavy (non-hydrogen) atoms. The van der Waals surface area contributed by atoms with Crippen molar-refractivity contribution in [3.05, 3.63) is 41.8 Å². The molecule has 3 aromatic rings. The zero-order valence-electron chi connectivity index (χ0n) is 13.2. The molecule has 0 saturated carbocycles. The van der Waals surface area contributed by atoms with Crippen LogP contribution in [0.15, 0.2) is 41.8 Å². The van der Waals surface area contributed by atoms with E-state index in [9.17, 15) is 4.79 Å². The smallest absolute Gasteiger partial charge is 0.222 e. The minimum absolute atomic E-state index is 0.113. The molecule has 2 aromatic heterocycles. The Bertz CT molecular complexity index is 878. The van der Waals surface area contributed by atoms with Gasteiger partial charge in [-0.1, -0.05) is 18.2 Å². The minimum atomic E-state index is -0.225. The Balaban J connectivity index is 1.82. The molecule has 1 aliphatic heterocycles. The van der Waals surface area contributed by atoms with E-state index < -0.39 is 0 Å². The maximum atomic E-state index is 11.6. The van der Waals surface area contributed by atoms with Gasteiger partial charge in [0.15, 0.2) is 5.82 Å². The molecule has 1 fully saturated rings. The van der Waals surface area contributed by atoms with Gasteiger partial charge in [-0.3, -0.25) is 4.79 Å². The standard InChI is InChI=1S/C18H18N4OS/c19-16(23)12-5-3-9-22(11-12)18-13-6-1-2-7-14(13)20-17(21-18)15-8-4-10-24-15/h1-2,4,6-8,10,12H,3,5,9,11H2,(H2,19,23). The van der Waals surface area contributed by atoms with Crippen molar-refractivity contribution >= 4 is 34.0 Å². The van der Waals surface area contributed by atoms with Gasteiger partial charge in [-0.25, -0.2) is 9.97 Å². The summed E-state index contributed by atoms with van der Waals surface area (Å²) < 4.78 is 0. The van der Waals surface area contributed by atoms with E-state index in [2.05, 4.69) is 4.90 Å². The van der Waals surface area contributed by atoms with Crippen molar-refractivity contribution in [2.75, 3.05) is 18.0 Å². The summed E-state index contributed by atoms with van der Waals surface area (Å²) in [6, 6.07) is 12.1. The van der Waals surface area contributed by atoms with E-state index >= 15 is 0 Å². The predicted molar refractivity (Wildman–Crippen MR) is 97.0 cm³/mol. The van der Waals surface area contributed by atoms with Crippen LogP contribution in [0.4, 0.5) is 5.82 Å². The van der Waals surface area contributed by atoms with Crippen molar-refractivity contribution in [2.24, 2.45) is 11.7 Å². The number of primary amides is 1. The number of nitrogens with zero attached hydrogens (tertiary/aromatic N) is 3. The largest absolute Gasteiger partial charge is 0.369 e. The quantitative estimate of drug-likeness (QED) is 0.797. The molecule has 1 atom stereocenters. The summed E-state index contributed by atoms with van der Waals surface area (Å²) in [6.45, 7) is 1.51. The van der Waals surface area contributed by atoms with Gasteiger partial charge >= 0.3 is 0 Å². The predicted octanol–water partition coefficient (Wildman–Crippen LogP) is 3.06. The van der Waals surface area contributed by atoms with Crippen molar-refractivity contribution < 1.29 is 4.79 Å². The number of nitrogens with two attached hydrogens (primary N) is 1. The van der Waals surface area contributed by atoms with Crippen LogP contribution in [0.1, 0.15) is 12.8 Å². The normalized spacial score (nSPS) is 18.0. The molecule has 0 spiro atoms. The molecule has 1 aliphatic rings. The maximum absolute atomic E-state index is 11.6. The van der Waals surface area contributed by atoms with E-state index in [1.165, 1.54) is 0 Å². The van der Waals surface area contributed by atoms with Crippen LogP contribution in [0, 0.1) is 5.92 Å². The topological polar surface area (TPSA) is 72.1 Å². The Morgan fingerprint density at radius 2 is 2.08 bits per heavy atom. The molecule has 0 aliphatic carbocycles. The van der Waals surface area contributed by atoms with E-state index in [4.69, 9.17) is 15.7 Å². The molecule has 4 rings (SSSR count). The number of para-hydroxylation sites is 1. The van der Waals surface area contributed by atoms with Crippen molar-refractivity contribution in [1.82, 2.24) is 9.97 Å². The van der Waals surface area contributed by atoms with E-state index in [0.717, 1.165) is 46.8 Å². The summed E-state index contributed by atoms with van der Waals surface area (Å²) in [7, 11) is 0. The van der Waals surface area contributed by atoms with Gasteiger partial charge in [0.05, 0.1) is 16.3 Å². The van der Waals surface area contributed by atoms with Gasteiger partial charge in [-0.05, 0) is 36.4 Å². The first-order chi connectivity index (χ1) is 11.7. The molecule has 122 valence electrons. The molecule has 0 radical (unpaired) electrons. The van der Waals surface area contributed by atoms with Gasteiger partial charge in [0.1, 0.15) is 5.82 Å². The monoisotopic (exact) mass is 338 g/mol. The zero-order valence-corrected chi connectivity index (χ0v) is 14.0. The first kappa shape index (κ1) is 15.1. The second-order valence-electron chi connectivity index (χ2n) is 6.05. The van der Waals surface area contributed by atoms with Crippen LogP contribution in [0.2, 0.25) is 0 Å². The molecule has 6 heteroatoms. The molecule has 3 heterocycles. The highest BCUT2D eigenvalue weighted by atomic mass is 32.1. The fourth-order valence-electron chi connectivity index (χ4n) is 3.22. The average Bonchev–Trinajstić information content (AvgIpc) is 3.15. The first-order valence-corrected chi connectivity index (χ1v) is 8.95. The van der Waals surface area contributed by atoms with Gasteiger partial charge in [0, 0.05) is 18.5 Å². The van der Waals surface area contributed by atoms with Crippen LogP contribution >= 0.6 is 11.3 Å². The third-order valence-corrected chi connectivity index (χ3v) is 5.31. The highest BCUT2D eigenvalue weighted by Crippen LogP contribution is 2.31. The summed E-state index contributed by atoms with van der Waals surface area (Å²) in [5, 5.41) is 3.04. The van der Waals surface area contributed by atoms with Gasteiger partial charge in [-0.2, -0.15) is 0 Å². The van der Waals surface area contributed by atoms with Crippen LogP contribution < -0.4 is 10.6 Å². The highest BCUT2D eigenvalue weighted by molar-refractivity contribution is 7.13. The van der Waals surface area contributed by atoms with Crippen molar-refractivity contribution in [3.8, 4) is 10.7 Å². The summed E-state index contributed by atoms with van der Waals surface area (Å²) in [4.78, 5) is 24.4. The van der Waals surface area contributed by atoms with Crippen LogP contribution in [0.3, 0.4) is 0 Å². The van der Waals surface area contributed by atoms with Crippen LogP contribution in [0.25, 0.3) is 21.6 Å². The number of anilines is 1. The fourth-order valence-corrected chi connectivity index (χ4v) is 3.88. The van der Waals surface area contributed by atoms with Crippen molar-refractivity contribution in [3.63, 3.8) is 0 Å². The van der Waals surface area contributed by atoms with E-state index in [1.807, 2.05) is 41.8 Å². The lowest BCUT2D eigenvalue weighted by molar-refractivity contribution is -0.122. The zero-order chi connectivity index (χ0) is 16.5. The Hall–Kier alpha value is -2.47. The van der Waals surface area contributed by atoms with Crippen LogP contribution in [0.5, 0.6) is 0 Å². The number of aromatic nitrogens is 2. The van der Waals surface area contributed by atoms with Gasteiger partial charge in [0.25, 0.3) is 0 Å². The van der Waals surface area contributed by atoms with Crippen molar-refractivity contribution in [1.29, 1.82) is 0 Å². The highest BCUT2D eigenvalue weighted by Gasteiger charge is 2.26. The summed E-state index contributed by atoms with van der Waals surface area (Å²) >= 11 is 1.63. The van der Waals surface area contributed by atoms with E-state index in [-0.39, 0.29) is 11.8 Å². The number of thiophene rings is 1. The number of rotatable bonds is 3. The molecule has 5 nitrogen and oxygen atoms in total. The summed E-state index contributed by atoms with van der Waals surface area (Å²) in [5.74, 6) is 1.30. The van der Waals surface area contributed by atoms with Crippen LogP contribution in [-0.4, -0.2) is 29.0 Å². The molecule has 0 bridgehead atoms.